The SMILES string of the molecule is O=C(O)c1cnc(Oc2ccccc2I)c2ccccc12. The number of aromatic nitrogens is 1. The summed E-state index contributed by atoms with van der Waals surface area (Å²) in [5.74, 6) is 0.0954. The summed E-state index contributed by atoms with van der Waals surface area (Å²) in [4.78, 5) is 15.4. The highest BCUT2D eigenvalue weighted by Gasteiger charge is 2.14. The molecule has 0 unspecified atom stereocenters. The highest BCUT2D eigenvalue weighted by molar-refractivity contribution is 14.1. The zero-order chi connectivity index (χ0) is 14.8. The molecule has 0 aliphatic rings. The molecule has 3 aromatic rings. The van der Waals surface area contributed by atoms with Gasteiger partial charge in [0.25, 0.3) is 0 Å². The van der Waals surface area contributed by atoms with Gasteiger partial charge in [-0.05, 0) is 40.8 Å². The van der Waals surface area contributed by atoms with Crippen LogP contribution in [-0.4, -0.2) is 16.1 Å². The molecule has 1 heterocycles. The molecule has 0 aliphatic heterocycles. The Labute approximate surface area is 134 Å². The van der Waals surface area contributed by atoms with Crippen molar-refractivity contribution in [1.29, 1.82) is 0 Å². The zero-order valence-electron chi connectivity index (χ0n) is 10.8. The maximum Gasteiger partial charge on any atom is 0.337 e. The molecule has 0 saturated carbocycles. The second-order valence-electron chi connectivity index (χ2n) is 4.36. The number of carboxylic acids is 1. The first-order valence-electron chi connectivity index (χ1n) is 6.20. The third-order valence-electron chi connectivity index (χ3n) is 3.03. The smallest absolute Gasteiger partial charge is 0.337 e. The van der Waals surface area contributed by atoms with E-state index in [2.05, 4.69) is 27.6 Å². The van der Waals surface area contributed by atoms with Gasteiger partial charge in [0.05, 0.1) is 9.13 Å². The Morgan fingerprint density at radius 2 is 1.71 bits per heavy atom. The minimum absolute atomic E-state index is 0.167. The third kappa shape index (κ3) is 2.69. The lowest BCUT2D eigenvalue weighted by molar-refractivity contribution is 0.0698. The van der Waals surface area contributed by atoms with Crippen LogP contribution in [0.15, 0.2) is 54.7 Å². The van der Waals surface area contributed by atoms with E-state index >= 15 is 0 Å². The topological polar surface area (TPSA) is 59.4 Å². The molecule has 0 spiro atoms. The van der Waals surface area contributed by atoms with Gasteiger partial charge in [0.2, 0.25) is 5.88 Å². The van der Waals surface area contributed by atoms with Gasteiger partial charge in [0, 0.05) is 17.0 Å². The highest BCUT2D eigenvalue weighted by Crippen LogP contribution is 2.31. The van der Waals surface area contributed by atoms with Crippen molar-refractivity contribution in [3.63, 3.8) is 0 Å². The van der Waals surface area contributed by atoms with Crippen molar-refractivity contribution >= 4 is 39.3 Å². The number of aromatic carboxylic acids is 1. The molecule has 0 bridgehead atoms. The van der Waals surface area contributed by atoms with Gasteiger partial charge in [0.15, 0.2) is 0 Å². The number of carboxylic acid groups (broad SMARTS) is 1. The first-order valence-corrected chi connectivity index (χ1v) is 7.28. The number of hydrogen-bond acceptors (Lipinski definition) is 3. The molecule has 4 nitrogen and oxygen atoms in total. The van der Waals surface area contributed by atoms with Crippen LogP contribution in [0.25, 0.3) is 10.8 Å². The lowest BCUT2D eigenvalue weighted by Crippen LogP contribution is -2.00. The summed E-state index contributed by atoms with van der Waals surface area (Å²) < 4.78 is 6.81. The number of ether oxygens (including phenoxy) is 1. The molecular weight excluding hydrogens is 381 g/mol. The Morgan fingerprint density at radius 1 is 1.05 bits per heavy atom. The maximum absolute atomic E-state index is 11.3. The van der Waals surface area contributed by atoms with E-state index in [1.54, 1.807) is 18.2 Å². The highest BCUT2D eigenvalue weighted by atomic mass is 127. The number of benzene rings is 2. The number of hydrogen-bond donors (Lipinski definition) is 1. The normalized spacial score (nSPS) is 10.5. The molecule has 0 radical (unpaired) electrons. The van der Waals surface area contributed by atoms with Gasteiger partial charge < -0.3 is 9.84 Å². The molecule has 0 amide bonds. The molecule has 21 heavy (non-hydrogen) atoms. The lowest BCUT2D eigenvalue weighted by Gasteiger charge is -2.10. The van der Waals surface area contributed by atoms with E-state index < -0.39 is 5.97 Å². The van der Waals surface area contributed by atoms with Crippen molar-refractivity contribution in [2.45, 2.75) is 0 Å². The van der Waals surface area contributed by atoms with E-state index in [1.807, 2.05) is 30.3 Å². The van der Waals surface area contributed by atoms with Crippen molar-refractivity contribution in [2.75, 3.05) is 0 Å². The summed E-state index contributed by atoms with van der Waals surface area (Å²) in [6, 6.07) is 14.8. The van der Waals surface area contributed by atoms with Crippen molar-refractivity contribution in [2.24, 2.45) is 0 Å². The van der Waals surface area contributed by atoms with E-state index in [0.717, 1.165) is 3.57 Å². The molecule has 104 valence electrons. The maximum atomic E-state index is 11.3. The summed E-state index contributed by atoms with van der Waals surface area (Å²) in [5.41, 5.74) is 0.167. The lowest BCUT2D eigenvalue weighted by atomic mass is 10.1. The Balaban J connectivity index is 2.14. The van der Waals surface area contributed by atoms with Crippen LogP contribution in [0.1, 0.15) is 10.4 Å². The van der Waals surface area contributed by atoms with Crippen LogP contribution in [0.2, 0.25) is 0 Å². The van der Waals surface area contributed by atoms with Gasteiger partial charge in [-0.2, -0.15) is 0 Å². The number of fused-ring (bicyclic) bond motifs is 1. The molecule has 3 rings (SSSR count). The van der Waals surface area contributed by atoms with E-state index in [9.17, 15) is 9.90 Å². The van der Waals surface area contributed by atoms with Crippen LogP contribution in [0, 0.1) is 3.57 Å². The summed E-state index contributed by atoms with van der Waals surface area (Å²) in [5, 5.41) is 10.5. The van der Waals surface area contributed by atoms with Crippen LogP contribution < -0.4 is 4.74 Å². The molecule has 1 aromatic heterocycles. The minimum atomic E-state index is -1.00. The van der Waals surface area contributed by atoms with E-state index in [0.29, 0.717) is 22.4 Å². The van der Waals surface area contributed by atoms with Crippen molar-refractivity contribution in [3.8, 4) is 11.6 Å². The van der Waals surface area contributed by atoms with Crippen LogP contribution in [0.3, 0.4) is 0 Å². The quantitative estimate of drug-likeness (QED) is 0.676. The number of para-hydroxylation sites is 1. The second-order valence-corrected chi connectivity index (χ2v) is 5.52. The van der Waals surface area contributed by atoms with E-state index in [-0.39, 0.29) is 5.56 Å². The van der Waals surface area contributed by atoms with Crippen LogP contribution in [0.5, 0.6) is 11.6 Å². The predicted molar refractivity (Wildman–Crippen MR) is 87.9 cm³/mol. The van der Waals surface area contributed by atoms with Crippen molar-refractivity contribution < 1.29 is 14.6 Å². The van der Waals surface area contributed by atoms with Crippen molar-refractivity contribution in [1.82, 2.24) is 4.98 Å². The molecule has 2 aromatic carbocycles. The van der Waals surface area contributed by atoms with Crippen LogP contribution in [0.4, 0.5) is 0 Å². The number of carbonyl (C=O) groups is 1. The molecule has 0 saturated heterocycles. The standard InChI is InChI=1S/C16H10INO3/c17-13-7-3-4-8-14(13)21-15-11-6-2-1-5-10(11)12(9-18-15)16(19)20/h1-9H,(H,19,20). The number of rotatable bonds is 3. The number of pyridine rings is 1. The Kier molecular flexibility index (Phi) is 3.74. The van der Waals surface area contributed by atoms with Gasteiger partial charge in [-0.25, -0.2) is 9.78 Å². The summed E-state index contributed by atoms with van der Waals surface area (Å²) in [7, 11) is 0. The monoisotopic (exact) mass is 391 g/mol. The zero-order valence-corrected chi connectivity index (χ0v) is 12.9. The Hall–Kier alpha value is -2.15. The fourth-order valence-corrected chi connectivity index (χ4v) is 2.55. The average Bonchev–Trinajstić information content (AvgIpc) is 2.49. The second kappa shape index (κ2) is 5.69. The first-order chi connectivity index (χ1) is 10.2. The average molecular weight is 391 g/mol. The van der Waals surface area contributed by atoms with Gasteiger partial charge in [-0.15, -0.1) is 0 Å². The number of halogens is 1. The van der Waals surface area contributed by atoms with Gasteiger partial charge in [0.1, 0.15) is 5.75 Å². The molecule has 0 atom stereocenters. The van der Waals surface area contributed by atoms with Gasteiger partial charge >= 0.3 is 5.97 Å². The third-order valence-corrected chi connectivity index (χ3v) is 3.92. The van der Waals surface area contributed by atoms with E-state index in [4.69, 9.17) is 4.74 Å². The molecule has 0 fully saturated rings. The molecule has 1 N–H and O–H groups in total. The molecule has 5 heteroatoms. The van der Waals surface area contributed by atoms with Crippen LogP contribution >= 0.6 is 22.6 Å². The minimum Gasteiger partial charge on any atom is -0.478 e. The first kappa shape index (κ1) is 13.8. The predicted octanol–water partition coefficient (Wildman–Crippen LogP) is 4.33. The largest absolute Gasteiger partial charge is 0.478 e. The summed E-state index contributed by atoms with van der Waals surface area (Å²) in [6.45, 7) is 0. The fraction of sp³-hybridized carbons (Fsp3) is 0. The molecule has 0 aliphatic carbocycles. The van der Waals surface area contributed by atoms with Gasteiger partial charge in [-0.3, -0.25) is 0 Å². The van der Waals surface area contributed by atoms with Crippen molar-refractivity contribution in [3.05, 3.63) is 63.9 Å². The molecular formula is C16H10INO3. The van der Waals surface area contributed by atoms with E-state index in [1.165, 1.54) is 6.20 Å². The Bertz CT molecular complexity index is 833. The van der Waals surface area contributed by atoms with Crippen LogP contribution in [-0.2, 0) is 0 Å². The van der Waals surface area contributed by atoms with Gasteiger partial charge in [-0.1, -0.05) is 30.3 Å². The fourth-order valence-electron chi connectivity index (χ4n) is 2.05. The summed E-state index contributed by atoms with van der Waals surface area (Å²) >= 11 is 2.18. The summed E-state index contributed by atoms with van der Waals surface area (Å²) in [6.07, 6.45) is 1.33. The number of nitrogens with zero attached hydrogens (tertiary/aromatic N) is 1. The Morgan fingerprint density at radius 3 is 2.43 bits per heavy atom.